The van der Waals surface area contributed by atoms with E-state index in [0.717, 1.165) is 24.2 Å². The number of carbonyl (C=O) groups is 1. The lowest BCUT2D eigenvalue weighted by Gasteiger charge is -2.09. The Morgan fingerprint density at radius 2 is 1.96 bits per heavy atom. The van der Waals surface area contributed by atoms with Crippen LogP contribution in [0.4, 0.5) is 5.69 Å². The number of pyridine rings is 1. The highest BCUT2D eigenvalue weighted by atomic mass is 16.1. The van der Waals surface area contributed by atoms with Gasteiger partial charge in [-0.05, 0) is 36.7 Å². The third kappa shape index (κ3) is 3.72. The lowest BCUT2D eigenvalue weighted by atomic mass is 10.1. The van der Waals surface area contributed by atoms with Gasteiger partial charge in [-0.1, -0.05) is 18.2 Å². The summed E-state index contributed by atoms with van der Waals surface area (Å²) in [6.45, 7) is 2.08. The number of imidazole rings is 1. The first kappa shape index (κ1) is 16.0. The predicted molar refractivity (Wildman–Crippen MR) is 95.0 cm³/mol. The van der Waals surface area contributed by atoms with Gasteiger partial charge in [0.25, 0.3) is 5.91 Å². The zero-order valence-electron chi connectivity index (χ0n) is 13.4. The third-order valence-electron chi connectivity index (χ3n) is 3.88. The van der Waals surface area contributed by atoms with E-state index in [1.54, 1.807) is 12.3 Å². The van der Waals surface area contributed by atoms with Crippen LogP contribution in [0.15, 0.2) is 55.0 Å². The Labute approximate surface area is 140 Å². The quantitative estimate of drug-likeness (QED) is 0.454. The number of nitrogens with two attached hydrogens (primary N) is 1. The van der Waals surface area contributed by atoms with Crippen molar-refractivity contribution >= 4 is 17.2 Å². The maximum atomic E-state index is 12.2. The number of aromatic nitrogens is 2. The van der Waals surface area contributed by atoms with Crippen molar-refractivity contribution in [2.45, 2.75) is 6.42 Å². The van der Waals surface area contributed by atoms with Gasteiger partial charge in [0.05, 0.1) is 5.56 Å². The summed E-state index contributed by atoms with van der Waals surface area (Å²) in [4.78, 5) is 16.5. The molecule has 24 heavy (non-hydrogen) atoms. The van der Waals surface area contributed by atoms with Crippen molar-refractivity contribution in [2.24, 2.45) is 0 Å². The average molecular weight is 323 g/mol. The Kier molecular flexibility index (Phi) is 5.08. The molecule has 4 N–H and O–H groups in total. The van der Waals surface area contributed by atoms with Crippen LogP contribution >= 0.6 is 0 Å². The van der Waals surface area contributed by atoms with E-state index < -0.39 is 0 Å². The van der Waals surface area contributed by atoms with Crippen molar-refractivity contribution in [1.29, 1.82) is 0 Å². The van der Waals surface area contributed by atoms with Crippen LogP contribution in [0.3, 0.4) is 0 Å². The fraction of sp³-hybridized carbons (Fsp3) is 0.222. The van der Waals surface area contributed by atoms with Gasteiger partial charge in [0, 0.05) is 37.4 Å². The maximum absolute atomic E-state index is 12.2. The minimum absolute atomic E-state index is 0.110. The molecule has 2 aromatic heterocycles. The summed E-state index contributed by atoms with van der Waals surface area (Å²) < 4.78 is 1.83. The van der Waals surface area contributed by atoms with Crippen molar-refractivity contribution in [3.8, 4) is 0 Å². The number of benzene rings is 1. The fourth-order valence-electron chi connectivity index (χ4n) is 2.60. The second kappa shape index (κ2) is 7.61. The summed E-state index contributed by atoms with van der Waals surface area (Å²) >= 11 is 0. The van der Waals surface area contributed by atoms with Gasteiger partial charge in [-0.25, -0.2) is 4.98 Å². The van der Waals surface area contributed by atoms with Gasteiger partial charge in [-0.15, -0.1) is 0 Å². The van der Waals surface area contributed by atoms with Gasteiger partial charge in [0.15, 0.2) is 0 Å². The minimum atomic E-state index is -0.110. The predicted octanol–water partition coefficient (Wildman–Crippen LogP) is 1.48. The van der Waals surface area contributed by atoms with Crippen LogP contribution in [0.5, 0.6) is 0 Å². The van der Waals surface area contributed by atoms with Crippen LogP contribution < -0.4 is 16.4 Å². The van der Waals surface area contributed by atoms with Gasteiger partial charge in [-0.3, -0.25) is 4.79 Å². The van der Waals surface area contributed by atoms with E-state index in [1.807, 2.05) is 47.1 Å². The first-order valence-electron chi connectivity index (χ1n) is 7.99. The highest BCUT2D eigenvalue weighted by molar-refractivity contribution is 5.99. The topological polar surface area (TPSA) is 84.5 Å². The molecule has 0 fully saturated rings. The molecule has 124 valence electrons. The van der Waals surface area contributed by atoms with Gasteiger partial charge < -0.3 is 20.8 Å². The monoisotopic (exact) mass is 323 g/mol. The number of nitrogen functional groups attached to an aromatic ring is 1. The van der Waals surface area contributed by atoms with Crippen LogP contribution in [0, 0.1) is 0 Å². The number of hydrogen-bond acceptors (Lipinski definition) is 4. The van der Waals surface area contributed by atoms with Gasteiger partial charge >= 0.3 is 0 Å². The molecule has 0 aliphatic heterocycles. The summed E-state index contributed by atoms with van der Waals surface area (Å²) in [7, 11) is 0. The molecule has 0 saturated carbocycles. The van der Waals surface area contributed by atoms with E-state index in [9.17, 15) is 4.79 Å². The number of carbonyl (C=O) groups excluding carboxylic acids is 1. The van der Waals surface area contributed by atoms with Gasteiger partial charge in [0.1, 0.15) is 5.65 Å². The first-order valence-corrected chi connectivity index (χ1v) is 7.99. The Morgan fingerprint density at radius 1 is 1.08 bits per heavy atom. The van der Waals surface area contributed by atoms with E-state index >= 15 is 0 Å². The molecule has 6 nitrogen and oxygen atoms in total. The van der Waals surface area contributed by atoms with Crippen LogP contribution in [-0.2, 0) is 6.42 Å². The van der Waals surface area contributed by atoms with Gasteiger partial charge in [-0.2, -0.15) is 0 Å². The number of nitrogens with zero attached hydrogens (tertiary/aromatic N) is 2. The molecule has 0 saturated heterocycles. The Hall–Kier alpha value is -2.86. The molecule has 0 aliphatic carbocycles. The second-order valence-electron chi connectivity index (χ2n) is 5.53. The molecular weight excluding hydrogens is 302 g/mol. The SMILES string of the molecule is Nc1ccccc1CCNCCNC(=O)c1cccn2ccnc12. The third-order valence-corrected chi connectivity index (χ3v) is 3.88. The Bertz CT molecular complexity index is 827. The zero-order chi connectivity index (χ0) is 16.8. The number of rotatable bonds is 7. The molecule has 1 aromatic carbocycles. The van der Waals surface area contributed by atoms with E-state index in [-0.39, 0.29) is 5.91 Å². The molecule has 2 heterocycles. The second-order valence-corrected chi connectivity index (χ2v) is 5.53. The van der Waals surface area contributed by atoms with E-state index in [1.165, 1.54) is 0 Å². The van der Waals surface area contributed by atoms with E-state index in [0.29, 0.717) is 24.3 Å². The standard InChI is InChI=1S/C18H21N5O/c19-16-6-2-1-4-14(16)7-8-20-9-10-22-18(24)15-5-3-12-23-13-11-21-17(15)23/h1-6,11-13,20H,7-10,19H2,(H,22,24). The molecule has 0 aliphatic rings. The molecule has 0 atom stereocenters. The minimum Gasteiger partial charge on any atom is -0.399 e. The number of amides is 1. The van der Waals surface area contributed by atoms with Crippen LogP contribution in [-0.4, -0.2) is 34.9 Å². The number of anilines is 1. The molecule has 1 amide bonds. The van der Waals surface area contributed by atoms with Crippen molar-refractivity contribution in [3.63, 3.8) is 0 Å². The maximum Gasteiger partial charge on any atom is 0.255 e. The summed E-state index contributed by atoms with van der Waals surface area (Å²) in [6, 6.07) is 11.5. The number of hydrogen-bond donors (Lipinski definition) is 3. The lowest BCUT2D eigenvalue weighted by molar-refractivity contribution is 0.0955. The van der Waals surface area contributed by atoms with Crippen LogP contribution in [0.2, 0.25) is 0 Å². The molecule has 0 bridgehead atoms. The molecule has 0 radical (unpaired) electrons. The van der Waals surface area contributed by atoms with E-state index in [4.69, 9.17) is 5.73 Å². The smallest absolute Gasteiger partial charge is 0.255 e. The van der Waals surface area contributed by atoms with Crippen LogP contribution in [0.25, 0.3) is 5.65 Å². The highest BCUT2D eigenvalue weighted by Gasteiger charge is 2.10. The zero-order valence-corrected chi connectivity index (χ0v) is 13.4. The normalized spacial score (nSPS) is 10.8. The number of para-hydroxylation sites is 1. The van der Waals surface area contributed by atoms with Crippen molar-refractivity contribution in [1.82, 2.24) is 20.0 Å². The Morgan fingerprint density at radius 3 is 2.83 bits per heavy atom. The van der Waals surface area contributed by atoms with Crippen molar-refractivity contribution in [2.75, 3.05) is 25.4 Å². The molecule has 0 unspecified atom stereocenters. The molecule has 3 rings (SSSR count). The van der Waals surface area contributed by atoms with E-state index in [2.05, 4.69) is 15.6 Å². The van der Waals surface area contributed by atoms with Gasteiger partial charge in [0.2, 0.25) is 0 Å². The largest absolute Gasteiger partial charge is 0.399 e. The summed E-state index contributed by atoms with van der Waals surface area (Å²) in [5, 5.41) is 6.22. The molecule has 0 spiro atoms. The first-order chi connectivity index (χ1) is 11.8. The summed E-state index contributed by atoms with van der Waals surface area (Å²) in [5.41, 5.74) is 9.12. The molecule has 3 aromatic rings. The summed E-state index contributed by atoms with van der Waals surface area (Å²) in [5.74, 6) is -0.110. The molecular formula is C18H21N5O. The molecule has 6 heteroatoms. The van der Waals surface area contributed by atoms with Crippen molar-refractivity contribution in [3.05, 3.63) is 66.1 Å². The van der Waals surface area contributed by atoms with Crippen molar-refractivity contribution < 1.29 is 4.79 Å². The van der Waals surface area contributed by atoms with Crippen LogP contribution in [0.1, 0.15) is 15.9 Å². The number of nitrogens with one attached hydrogen (secondary N) is 2. The Balaban J connectivity index is 1.41. The average Bonchev–Trinajstić information content (AvgIpc) is 3.08. The number of fused-ring (bicyclic) bond motifs is 1. The lowest BCUT2D eigenvalue weighted by Crippen LogP contribution is -2.32. The highest BCUT2D eigenvalue weighted by Crippen LogP contribution is 2.10. The summed E-state index contributed by atoms with van der Waals surface area (Å²) in [6.07, 6.45) is 6.25. The fourth-order valence-corrected chi connectivity index (χ4v) is 2.60.